The van der Waals surface area contributed by atoms with E-state index in [2.05, 4.69) is 24.1 Å². The van der Waals surface area contributed by atoms with Gasteiger partial charge in [0.05, 0.1) is 6.61 Å². The van der Waals surface area contributed by atoms with Gasteiger partial charge in [-0.2, -0.15) is 0 Å². The molecule has 2 rings (SSSR count). The van der Waals surface area contributed by atoms with Gasteiger partial charge in [-0.25, -0.2) is 0 Å². The summed E-state index contributed by atoms with van der Waals surface area (Å²) in [6.07, 6.45) is 11.7. The second kappa shape index (κ2) is 7.77. The van der Waals surface area contributed by atoms with Crippen LogP contribution in [0.1, 0.15) is 71.6 Å². The molecule has 0 heterocycles. The Labute approximate surface area is 125 Å². The van der Waals surface area contributed by atoms with Gasteiger partial charge < -0.3 is 15.3 Å². The summed E-state index contributed by atoms with van der Waals surface area (Å²) in [5.74, 6) is 0. The Bertz CT molecular complexity index is 276. The van der Waals surface area contributed by atoms with Gasteiger partial charge in [-0.3, -0.25) is 0 Å². The summed E-state index contributed by atoms with van der Waals surface area (Å²) < 4.78 is 0. The van der Waals surface area contributed by atoms with Crippen molar-refractivity contribution in [3.63, 3.8) is 0 Å². The minimum atomic E-state index is -0.0466. The average Bonchev–Trinajstić information content (AvgIpc) is 3.31. The van der Waals surface area contributed by atoms with Crippen molar-refractivity contribution < 1.29 is 5.11 Å². The maximum absolute atomic E-state index is 9.61. The monoisotopic (exact) mass is 282 g/mol. The Morgan fingerprint density at radius 1 is 1.10 bits per heavy atom. The van der Waals surface area contributed by atoms with Crippen LogP contribution in [0, 0.1) is 0 Å². The average molecular weight is 282 g/mol. The van der Waals surface area contributed by atoms with Gasteiger partial charge in [-0.05, 0) is 65.0 Å². The molecule has 1 atom stereocenters. The first-order valence-corrected chi connectivity index (χ1v) is 8.79. The molecular weight excluding hydrogens is 248 g/mol. The van der Waals surface area contributed by atoms with E-state index in [1.165, 1.54) is 64.5 Å². The molecule has 2 N–H and O–H groups in total. The highest BCUT2D eigenvalue weighted by atomic mass is 16.3. The molecule has 0 amide bonds. The van der Waals surface area contributed by atoms with Gasteiger partial charge in [0.15, 0.2) is 0 Å². The fraction of sp³-hybridized carbons (Fsp3) is 1.00. The zero-order valence-electron chi connectivity index (χ0n) is 13.5. The molecule has 2 aliphatic rings. The van der Waals surface area contributed by atoms with Gasteiger partial charge in [-0.15, -0.1) is 0 Å². The molecule has 0 saturated heterocycles. The molecule has 0 aromatic heterocycles. The molecule has 3 nitrogen and oxygen atoms in total. The van der Waals surface area contributed by atoms with Crippen molar-refractivity contribution in [3.8, 4) is 0 Å². The number of hydrogen-bond donors (Lipinski definition) is 2. The Hall–Kier alpha value is -0.120. The van der Waals surface area contributed by atoms with Gasteiger partial charge in [0.2, 0.25) is 0 Å². The number of aliphatic hydroxyl groups is 1. The van der Waals surface area contributed by atoms with Gasteiger partial charge in [0, 0.05) is 17.6 Å². The molecule has 0 radical (unpaired) electrons. The maximum Gasteiger partial charge on any atom is 0.0610 e. The van der Waals surface area contributed by atoms with Gasteiger partial charge in [0.1, 0.15) is 0 Å². The number of nitrogens with zero attached hydrogens (tertiary/aromatic N) is 1. The highest BCUT2D eigenvalue weighted by Crippen LogP contribution is 2.28. The standard InChI is InChI=1S/C17H34N2O/c1-3-4-12-19(16-9-10-16)13-6-5-11-17(2,14-20)18-15-7-8-15/h15-16,18,20H,3-14H2,1-2H3. The van der Waals surface area contributed by atoms with E-state index in [4.69, 9.17) is 0 Å². The molecule has 0 aliphatic heterocycles. The minimum Gasteiger partial charge on any atom is -0.394 e. The second-order valence-corrected chi connectivity index (χ2v) is 7.22. The van der Waals surface area contributed by atoms with Crippen molar-refractivity contribution in [2.75, 3.05) is 19.7 Å². The molecule has 2 aliphatic carbocycles. The third-order valence-corrected chi connectivity index (χ3v) is 4.76. The summed E-state index contributed by atoms with van der Waals surface area (Å²) in [4.78, 5) is 2.70. The van der Waals surface area contributed by atoms with Crippen LogP contribution in [0.25, 0.3) is 0 Å². The van der Waals surface area contributed by atoms with Crippen LogP contribution in [0.3, 0.4) is 0 Å². The lowest BCUT2D eigenvalue weighted by Gasteiger charge is -2.29. The summed E-state index contributed by atoms with van der Waals surface area (Å²) in [5, 5.41) is 13.2. The largest absolute Gasteiger partial charge is 0.394 e. The molecule has 0 aromatic rings. The summed E-state index contributed by atoms with van der Waals surface area (Å²) in [7, 11) is 0. The molecule has 0 aromatic carbocycles. The van der Waals surface area contributed by atoms with Crippen LogP contribution < -0.4 is 5.32 Å². The van der Waals surface area contributed by atoms with Gasteiger partial charge >= 0.3 is 0 Å². The predicted molar refractivity (Wildman–Crippen MR) is 85.0 cm³/mol. The molecular formula is C17H34N2O. The van der Waals surface area contributed by atoms with E-state index >= 15 is 0 Å². The smallest absolute Gasteiger partial charge is 0.0610 e. The van der Waals surface area contributed by atoms with Crippen LogP contribution in [-0.4, -0.2) is 47.3 Å². The van der Waals surface area contributed by atoms with Crippen LogP contribution in [0.15, 0.2) is 0 Å². The molecule has 20 heavy (non-hydrogen) atoms. The van der Waals surface area contributed by atoms with E-state index in [0.717, 1.165) is 12.5 Å². The number of hydrogen-bond acceptors (Lipinski definition) is 3. The fourth-order valence-electron chi connectivity index (χ4n) is 3.03. The summed E-state index contributed by atoms with van der Waals surface area (Å²) in [5.41, 5.74) is -0.0466. The zero-order valence-corrected chi connectivity index (χ0v) is 13.5. The molecule has 0 bridgehead atoms. The van der Waals surface area contributed by atoms with Crippen molar-refractivity contribution in [2.24, 2.45) is 0 Å². The Morgan fingerprint density at radius 3 is 2.35 bits per heavy atom. The van der Waals surface area contributed by atoms with Crippen molar-refractivity contribution in [2.45, 2.75) is 89.3 Å². The minimum absolute atomic E-state index is 0.0466. The molecule has 2 fully saturated rings. The SMILES string of the molecule is CCCCN(CCCCC(C)(CO)NC1CC1)C1CC1. The normalized spacial score (nSPS) is 22.2. The first kappa shape index (κ1) is 16.3. The van der Waals surface area contributed by atoms with E-state index in [-0.39, 0.29) is 12.1 Å². The second-order valence-electron chi connectivity index (χ2n) is 7.22. The van der Waals surface area contributed by atoms with Gasteiger partial charge in [-0.1, -0.05) is 19.8 Å². The lowest BCUT2D eigenvalue weighted by atomic mass is 9.95. The molecule has 0 spiro atoms. The van der Waals surface area contributed by atoms with Crippen molar-refractivity contribution in [1.82, 2.24) is 10.2 Å². The summed E-state index contributed by atoms with van der Waals surface area (Å²) in [6.45, 7) is 7.28. The molecule has 118 valence electrons. The number of aliphatic hydroxyl groups excluding tert-OH is 1. The Morgan fingerprint density at radius 2 is 1.80 bits per heavy atom. The summed E-state index contributed by atoms with van der Waals surface area (Å²) in [6, 6.07) is 1.58. The van der Waals surface area contributed by atoms with E-state index in [9.17, 15) is 5.11 Å². The lowest BCUT2D eigenvalue weighted by Crippen LogP contribution is -2.47. The van der Waals surface area contributed by atoms with Crippen LogP contribution >= 0.6 is 0 Å². The Balaban J connectivity index is 1.60. The van der Waals surface area contributed by atoms with E-state index < -0.39 is 0 Å². The quantitative estimate of drug-likeness (QED) is 0.540. The topological polar surface area (TPSA) is 35.5 Å². The number of rotatable bonds is 12. The first-order valence-electron chi connectivity index (χ1n) is 8.79. The highest BCUT2D eigenvalue weighted by molar-refractivity contribution is 4.92. The van der Waals surface area contributed by atoms with E-state index in [1.54, 1.807) is 0 Å². The van der Waals surface area contributed by atoms with Crippen LogP contribution in [0.2, 0.25) is 0 Å². The zero-order chi connectivity index (χ0) is 14.4. The molecule has 2 saturated carbocycles. The van der Waals surface area contributed by atoms with Gasteiger partial charge in [0.25, 0.3) is 0 Å². The maximum atomic E-state index is 9.61. The highest BCUT2D eigenvalue weighted by Gasteiger charge is 2.32. The van der Waals surface area contributed by atoms with Crippen LogP contribution in [0.4, 0.5) is 0 Å². The third kappa shape index (κ3) is 5.71. The third-order valence-electron chi connectivity index (χ3n) is 4.76. The van der Waals surface area contributed by atoms with Crippen molar-refractivity contribution >= 4 is 0 Å². The van der Waals surface area contributed by atoms with Crippen LogP contribution in [0.5, 0.6) is 0 Å². The Kier molecular flexibility index (Phi) is 6.31. The van der Waals surface area contributed by atoms with Crippen LogP contribution in [-0.2, 0) is 0 Å². The predicted octanol–water partition coefficient (Wildman–Crippen LogP) is 2.92. The van der Waals surface area contributed by atoms with E-state index in [0.29, 0.717) is 6.04 Å². The van der Waals surface area contributed by atoms with Crippen molar-refractivity contribution in [1.29, 1.82) is 0 Å². The van der Waals surface area contributed by atoms with E-state index in [1.807, 2.05) is 0 Å². The fourth-order valence-corrected chi connectivity index (χ4v) is 3.03. The lowest BCUT2D eigenvalue weighted by molar-refractivity contribution is 0.158. The van der Waals surface area contributed by atoms with Crippen molar-refractivity contribution in [3.05, 3.63) is 0 Å². The molecule has 1 unspecified atom stereocenters. The summed E-state index contributed by atoms with van der Waals surface area (Å²) >= 11 is 0. The number of nitrogens with one attached hydrogen (secondary N) is 1. The first-order chi connectivity index (χ1) is 9.67. The number of unbranched alkanes of at least 4 members (excludes halogenated alkanes) is 2. The molecule has 3 heteroatoms.